The fraction of sp³-hybridized carbons (Fsp3) is 0.333. The number of ether oxygens (including phenoxy) is 1. The van der Waals surface area contributed by atoms with Crippen LogP contribution in [-0.4, -0.2) is 22.2 Å². The van der Waals surface area contributed by atoms with Crippen LogP contribution in [0.5, 0.6) is 11.5 Å². The van der Waals surface area contributed by atoms with Gasteiger partial charge in [0, 0.05) is 16.6 Å². The number of phenolic OH excluding ortho intramolecular Hbond substituents is 1. The Morgan fingerprint density at radius 2 is 2.21 bits per heavy atom. The Kier molecular flexibility index (Phi) is 3.76. The third kappa shape index (κ3) is 2.57. The minimum absolute atomic E-state index is 0.106. The van der Waals surface area contributed by atoms with E-state index in [9.17, 15) is 5.11 Å². The van der Waals surface area contributed by atoms with E-state index in [2.05, 4.69) is 22.2 Å². The average Bonchev–Trinajstić information content (AvgIpc) is 2.93. The Hall–Kier alpha value is -2.34. The molecule has 1 aliphatic carbocycles. The van der Waals surface area contributed by atoms with Gasteiger partial charge in [-0.05, 0) is 42.9 Å². The smallest absolute Gasteiger partial charge is 0.160 e. The molecule has 0 bridgehead atoms. The first kappa shape index (κ1) is 15.2. The molecule has 1 aliphatic rings. The highest BCUT2D eigenvalue weighted by Gasteiger charge is 2.23. The van der Waals surface area contributed by atoms with E-state index in [-0.39, 0.29) is 5.75 Å². The van der Waals surface area contributed by atoms with Crippen LogP contribution in [0.4, 0.5) is 11.5 Å². The molecular weight excluding hydrogens is 322 g/mol. The summed E-state index contributed by atoms with van der Waals surface area (Å²) in [5, 5.41) is 14.4. The van der Waals surface area contributed by atoms with Crippen molar-refractivity contribution in [2.75, 3.05) is 12.4 Å². The zero-order valence-corrected chi connectivity index (χ0v) is 14.5. The van der Waals surface area contributed by atoms with Crippen molar-refractivity contribution in [1.82, 2.24) is 9.97 Å². The molecular formula is C18H19N3O2S. The Labute approximate surface area is 144 Å². The van der Waals surface area contributed by atoms with E-state index >= 15 is 0 Å². The van der Waals surface area contributed by atoms with Gasteiger partial charge in [-0.3, -0.25) is 0 Å². The number of aromatic nitrogens is 2. The molecule has 2 heterocycles. The lowest BCUT2D eigenvalue weighted by atomic mass is 9.89. The van der Waals surface area contributed by atoms with Crippen LogP contribution < -0.4 is 10.1 Å². The summed E-state index contributed by atoms with van der Waals surface area (Å²) in [6, 6.07) is 5.25. The zero-order chi connectivity index (χ0) is 16.7. The summed E-state index contributed by atoms with van der Waals surface area (Å²) in [6.45, 7) is 2.30. The molecule has 0 saturated heterocycles. The van der Waals surface area contributed by atoms with E-state index < -0.39 is 0 Å². The molecule has 0 saturated carbocycles. The summed E-state index contributed by atoms with van der Waals surface area (Å²) in [7, 11) is 1.54. The number of methoxy groups -OCH3 is 1. The molecule has 6 heteroatoms. The molecule has 2 N–H and O–H groups in total. The number of fused-ring (bicyclic) bond motifs is 3. The van der Waals surface area contributed by atoms with Crippen molar-refractivity contribution in [2.45, 2.75) is 26.2 Å². The van der Waals surface area contributed by atoms with Crippen LogP contribution in [-0.2, 0) is 12.8 Å². The molecule has 3 aromatic rings. The van der Waals surface area contributed by atoms with E-state index in [0.717, 1.165) is 40.5 Å². The van der Waals surface area contributed by atoms with E-state index in [1.807, 2.05) is 6.07 Å². The molecule has 124 valence electrons. The maximum absolute atomic E-state index is 9.97. The van der Waals surface area contributed by atoms with Crippen LogP contribution in [0, 0.1) is 5.92 Å². The number of thiophene rings is 1. The van der Waals surface area contributed by atoms with Gasteiger partial charge in [-0.2, -0.15) is 0 Å². The molecule has 0 amide bonds. The lowest BCUT2D eigenvalue weighted by Gasteiger charge is -2.18. The number of aryl methyl sites for hydroxylation is 1. The summed E-state index contributed by atoms with van der Waals surface area (Å²) >= 11 is 1.78. The number of hydrogen-bond donors (Lipinski definition) is 2. The highest BCUT2D eigenvalue weighted by atomic mass is 32.1. The van der Waals surface area contributed by atoms with Crippen molar-refractivity contribution in [2.24, 2.45) is 5.92 Å². The number of aromatic hydroxyl groups is 1. The van der Waals surface area contributed by atoms with Gasteiger partial charge in [-0.15, -0.1) is 11.3 Å². The number of anilines is 2. The molecule has 0 radical (unpaired) electrons. The first-order chi connectivity index (χ1) is 11.7. The summed E-state index contributed by atoms with van der Waals surface area (Å²) in [5.41, 5.74) is 2.16. The van der Waals surface area contributed by atoms with Gasteiger partial charge < -0.3 is 15.2 Å². The minimum Gasteiger partial charge on any atom is -0.504 e. The fourth-order valence-electron chi connectivity index (χ4n) is 3.27. The summed E-state index contributed by atoms with van der Waals surface area (Å²) in [5.74, 6) is 2.09. The number of phenols is 1. The Bertz CT molecular complexity index is 907. The van der Waals surface area contributed by atoms with Gasteiger partial charge in [0.05, 0.1) is 12.5 Å². The van der Waals surface area contributed by atoms with Crippen molar-refractivity contribution in [3.8, 4) is 11.5 Å². The van der Waals surface area contributed by atoms with Crippen molar-refractivity contribution in [3.05, 3.63) is 35.0 Å². The van der Waals surface area contributed by atoms with Crippen LogP contribution in [0.15, 0.2) is 24.5 Å². The highest BCUT2D eigenvalue weighted by Crippen LogP contribution is 2.40. The first-order valence-electron chi connectivity index (χ1n) is 8.05. The maximum atomic E-state index is 9.97. The van der Waals surface area contributed by atoms with Crippen molar-refractivity contribution in [3.63, 3.8) is 0 Å². The van der Waals surface area contributed by atoms with E-state index in [1.54, 1.807) is 29.8 Å². The van der Waals surface area contributed by atoms with Crippen LogP contribution in [0.25, 0.3) is 10.2 Å². The number of nitrogens with zero attached hydrogens (tertiary/aromatic N) is 2. The quantitative estimate of drug-likeness (QED) is 0.744. The third-order valence-corrected chi connectivity index (χ3v) is 5.70. The predicted octanol–water partition coefficient (Wildman–Crippen LogP) is 4.27. The van der Waals surface area contributed by atoms with Gasteiger partial charge in [-0.1, -0.05) is 6.92 Å². The topological polar surface area (TPSA) is 67.3 Å². The van der Waals surface area contributed by atoms with Crippen LogP contribution in [0.2, 0.25) is 0 Å². The van der Waals surface area contributed by atoms with Gasteiger partial charge in [0.15, 0.2) is 11.5 Å². The molecule has 0 aliphatic heterocycles. The van der Waals surface area contributed by atoms with Crippen LogP contribution >= 0.6 is 11.3 Å². The molecule has 5 nitrogen and oxygen atoms in total. The number of benzene rings is 1. The average molecular weight is 341 g/mol. The Morgan fingerprint density at radius 3 is 3.00 bits per heavy atom. The van der Waals surface area contributed by atoms with Crippen LogP contribution in [0.3, 0.4) is 0 Å². The standard InChI is InChI=1S/C18H19N3O2S/c1-10-3-5-12-15(7-10)24-18-16(12)17(19-9-20-18)21-11-4-6-14(23-2)13(22)8-11/h4,6,8-10,22H,3,5,7H2,1-2H3,(H,19,20,21)/t10-/m0/s1. The van der Waals surface area contributed by atoms with E-state index in [4.69, 9.17) is 4.74 Å². The minimum atomic E-state index is 0.106. The lowest BCUT2D eigenvalue weighted by Crippen LogP contribution is -2.09. The van der Waals surface area contributed by atoms with Gasteiger partial charge >= 0.3 is 0 Å². The van der Waals surface area contributed by atoms with Crippen molar-refractivity contribution >= 4 is 33.1 Å². The number of nitrogens with one attached hydrogen (secondary N) is 1. The summed E-state index contributed by atoms with van der Waals surface area (Å²) in [6.07, 6.45) is 5.00. The Balaban J connectivity index is 1.76. The molecule has 4 rings (SSSR count). The number of hydrogen-bond acceptors (Lipinski definition) is 6. The second-order valence-electron chi connectivity index (χ2n) is 6.27. The summed E-state index contributed by atoms with van der Waals surface area (Å²) < 4.78 is 5.09. The first-order valence-corrected chi connectivity index (χ1v) is 8.86. The van der Waals surface area contributed by atoms with Gasteiger partial charge in [0.1, 0.15) is 17.0 Å². The molecule has 1 aromatic carbocycles. The molecule has 0 spiro atoms. The number of rotatable bonds is 3. The molecule has 0 fully saturated rings. The second kappa shape index (κ2) is 5.94. The van der Waals surface area contributed by atoms with Crippen molar-refractivity contribution in [1.29, 1.82) is 0 Å². The molecule has 2 aromatic heterocycles. The highest BCUT2D eigenvalue weighted by molar-refractivity contribution is 7.19. The van der Waals surface area contributed by atoms with Gasteiger partial charge in [-0.25, -0.2) is 9.97 Å². The van der Waals surface area contributed by atoms with Crippen molar-refractivity contribution < 1.29 is 9.84 Å². The maximum Gasteiger partial charge on any atom is 0.160 e. The second-order valence-corrected chi connectivity index (χ2v) is 7.35. The largest absolute Gasteiger partial charge is 0.504 e. The fourth-order valence-corrected chi connectivity index (χ4v) is 4.62. The monoisotopic (exact) mass is 341 g/mol. The van der Waals surface area contributed by atoms with Gasteiger partial charge in [0.25, 0.3) is 0 Å². The molecule has 24 heavy (non-hydrogen) atoms. The molecule has 1 atom stereocenters. The SMILES string of the molecule is COc1ccc(Nc2ncnc3sc4c(c23)CC[C@H](C)C4)cc1O. The third-order valence-electron chi connectivity index (χ3n) is 4.53. The van der Waals surface area contributed by atoms with Gasteiger partial charge in [0.2, 0.25) is 0 Å². The van der Waals surface area contributed by atoms with Crippen LogP contribution in [0.1, 0.15) is 23.8 Å². The lowest BCUT2D eigenvalue weighted by molar-refractivity contribution is 0.373. The predicted molar refractivity (Wildman–Crippen MR) is 96.5 cm³/mol. The normalized spacial score (nSPS) is 16.8. The Morgan fingerprint density at radius 1 is 1.33 bits per heavy atom. The summed E-state index contributed by atoms with van der Waals surface area (Å²) in [4.78, 5) is 11.4. The van der Waals surface area contributed by atoms with E-state index in [0.29, 0.717) is 5.75 Å². The zero-order valence-electron chi connectivity index (χ0n) is 13.7. The molecule has 0 unspecified atom stereocenters. The van der Waals surface area contributed by atoms with E-state index in [1.165, 1.54) is 24.0 Å².